The van der Waals surface area contributed by atoms with Gasteiger partial charge in [0.2, 0.25) is 0 Å². The lowest BCUT2D eigenvalue weighted by molar-refractivity contribution is 0.0644. The van der Waals surface area contributed by atoms with E-state index in [4.69, 9.17) is 0 Å². The molecule has 1 aliphatic heterocycles. The average Bonchev–Trinajstić information content (AvgIpc) is 2.52. The Morgan fingerprint density at radius 3 is 2.13 bits per heavy atom. The van der Waals surface area contributed by atoms with Crippen LogP contribution in [-0.2, 0) is 9.84 Å². The minimum Gasteiger partial charge on any atom is -0.336 e. The molecule has 6 heteroatoms. The van der Waals surface area contributed by atoms with Gasteiger partial charge in [0.25, 0.3) is 5.91 Å². The summed E-state index contributed by atoms with van der Waals surface area (Å²) in [6, 6.07) is 7.82. The Morgan fingerprint density at radius 1 is 1.09 bits per heavy atom. The first-order chi connectivity index (χ1) is 10.8. The molecule has 1 amide bonds. The highest BCUT2D eigenvalue weighted by Crippen LogP contribution is 2.16. The van der Waals surface area contributed by atoms with Gasteiger partial charge < -0.3 is 4.90 Å². The molecule has 0 N–H and O–H groups in total. The number of piperazine rings is 1. The third kappa shape index (κ3) is 5.32. The summed E-state index contributed by atoms with van der Waals surface area (Å²) in [5, 5.41) is 0. The molecule has 0 aromatic heterocycles. The zero-order valence-corrected chi connectivity index (χ0v) is 15.0. The van der Waals surface area contributed by atoms with Crippen LogP contribution in [-0.4, -0.2) is 68.9 Å². The Bertz CT molecular complexity index is 630. The summed E-state index contributed by atoms with van der Waals surface area (Å²) >= 11 is 0. The first kappa shape index (κ1) is 17.9. The number of rotatable bonds is 5. The van der Waals surface area contributed by atoms with Crippen LogP contribution in [0.1, 0.15) is 35.7 Å². The standard InChI is InChI=1S/C17H26N2O3S/c1-14(2)15-4-6-16(7-5-15)17(20)19-10-8-18(9-11-19)12-13-23(3,21)22/h4-7,14H,8-13H2,1-3H3. The average molecular weight is 338 g/mol. The molecule has 0 radical (unpaired) electrons. The Kier molecular flexibility index (Phi) is 5.81. The maximum atomic E-state index is 12.5. The lowest BCUT2D eigenvalue weighted by Gasteiger charge is -2.34. The third-order valence-corrected chi connectivity index (χ3v) is 5.19. The third-order valence-electron chi connectivity index (χ3n) is 4.26. The highest BCUT2D eigenvalue weighted by atomic mass is 32.2. The van der Waals surface area contributed by atoms with E-state index in [2.05, 4.69) is 18.7 Å². The molecule has 0 aliphatic carbocycles. The lowest BCUT2D eigenvalue weighted by atomic mass is 10.0. The van der Waals surface area contributed by atoms with Gasteiger partial charge in [0, 0.05) is 44.5 Å². The van der Waals surface area contributed by atoms with Gasteiger partial charge in [-0.25, -0.2) is 8.42 Å². The van der Waals surface area contributed by atoms with E-state index in [1.807, 2.05) is 29.2 Å². The summed E-state index contributed by atoms with van der Waals surface area (Å²) in [5.74, 6) is 0.693. The molecule has 1 aromatic rings. The van der Waals surface area contributed by atoms with Crippen LogP contribution in [0.25, 0.3) is 0 Å². The van der Waals surface area contributed by atoms with Gasteiger partial charge in [0.05, 0.1) is 5.75 Å². The predicted molar refractivity (Wildman–Crippen MR) is 92.6 cm³/mol. The number of benzene rings is 1. The zero-order chi connectivity index (χ0) is 17.0. The van der Waals surface area contributed by atoms with Gasteiger partial charge >= 0.3 is 0 Å². The summed E-state index contributed by atoms with van der Waals surface area (Å²) in [4.78, 5) is 16.5. The summed E-state index contributed by atoms with van der Waals surface area (Å²) < 4.78 is 22.4. The van der Waals surface area contributed by atoms with Crippen molar-refractivity contribution in [2.45, 2.75) is 19.8 Å². The number of carbonyl (C=O) groups is 1. The van der Waals surface area contributed by atoms with Crippen molar-refractivity contribution in [3.05, 3.63) is 35.4 Å². The van der Waals surface area contributed by atoms with E-state index >= 15 is 0 Å². The van der Waals surface area contributed by atoms with Crippen LogP contribution in [0.3, 0.4) is 0 Å². The first-order valence-corrected chi connectivity index (χ1v) is 10.1. The molecule has 23 heavy (non-hydrogen) atoms. The second-order valence-corrected chi connectivity index (χ2v) is 8.80. The van der Waals surface area contributed by atoms with Gasteiger partial charge in [0.15, 0.2) is 0 Å². The van der Waals surface area contributed by atoms with Crippen LogP contribution in [0, 0.1) is 0 Å². The molecule has 0 bridgehead atoms. The highest BCUT2D eigenvalue weighted by molar-refractivity contribution is 7.90. The Balaban J connectivity index is 1.88. The summed E-state index contributed by atoms with van der Waals surface area (Å²) in [6.45, 7) is 7.56. The van der Waals surface area contributed by atoms with Crippen molar-refractivity contribution in [3.63, 3.8) is 0 Å². The molecule has 2 rings (SSSR count). The van der Waals surface area contributed by atoms with E-state index in [1.54, 1.807) is 0 Å². The van der Waals surface area contributed by atoms with Crippen molar-refractivity contribution in [2.75, 3.05) is 44.7 Å². The minimum atomic E-state index is -2.93. The molecular formula is C17H26N2O3S. The quantitative estimate of drug-likeness (QED) is 0.818. The normalized spacial score (nSPS) is 16.8. The van der Waals surface area contributed by atoms with Crippen molar-refractivity contribution < 1.29 is 13.2 Å². The number of sulfone groups is 1. The minimum absolute atomic E-state index is 0.0584. The Morgan fingerprint density at radius 2 is 1.65 bits per heavy atom. The Hall–Kier alpha value is -1.40. The molecule has 128 valence electrons. The van der Waals surface area contributed by atoms with Crippen molar-refractivity contribution >= 4 is 15.7 Å². The molecule has 1 aliphatic rings. The fraction of sp³-hybridized carbons (Fsp3) is 0.588. The first-order valence-electron chi connectivity index (χ1n) is 8.05. The lowest BCUT2D eigenvalue weighted by Crippen LogP contribution is -2.49. The van der Waals surface area contributed by atoms with E-state index in [9.17, 15) is 13.2 Å². The van der Waals surface area contributed by atoms with Gasteiger partial charge in [-0.15, -0.1) is 0 Å². The topological polar surface area (TPSA) is 57.7 Å². The maximum Gasteiger partial charge on any atom is 0.253 e. The van der Waals surface area contributed by atoms with Crippen LogP contribution in [0.4, 0.5) is 0 Å². The molecule has 1 saturated heterocycles. The van der Waals surface area contributed by atoms with E-state index in [-0.39, 0.29) is 11.7 Å². The monoisotopic (exact) mass is 338 g/mol. The van der Waals surface area contributed by atoms with Gasteiger partial charge in [-0.05, 0) is 23.6 Å². The van der Waals surface area contributed by atoms with Crippen LogP contribution in [0.5, 0.6) is 0 Å². The fourth-order valence-electron chi connectivity index (χ4n) is 2.66. The molecule has 1 heterocycles. The molecule has 0 spiro atoms. The summed E-state index contributed by atoms with van der Waals surface area (Å²) in [5.41, 5.74) is 1.95. The van der Waals surface area contributed by atoms with Crippen molar-refractivity contribution in [1.82, 2.24) is 9.80 Å². The number of carbonyl (C=O) groups excluding carboxylic acids is 1. The van der Waals surface area contributed by atoms with E-state index in [0.29, 0.717) is 25.6 Å². The van der Waals surface area contributed by atoms with E-state index < -0.39 is 9.84 Å². The van der Waals surface area contributed by atoms with Crippen LogP contribution in [0.15, 0.2) is 24.3 Å². The molecular weight excluding hydrogens is 312 g/mol. The smallest absolute Gasteiger partial charge is 0.253 e. The van der Waals surface area contributed by atoms with Gasteiger partial charge in [-0.1, -0.05) is 26.0 Å². The predicted octanol–water partition coefficient (Wildman–Crippen LogP) is 1.61. The summed E-state index contributed by atoms with van der Waals surface area (Å²) in [7, 11) is -2.93. The Labute approximate surface area is 139 Å². The number of hydrogen-bond acceptors (Lipinski definition) is 4. The van der Waals surface area contributed by atoms with Crippen LogP contribution >= 0.6 is 0 Å². The molecule has 1 aromatic carbocycles. The second-order valence-electron chi connectivity index (χ2n) is 6.54. The largest absolute Gasteiger partial charge is 0.336 e. The van der Waals surface area contributed by atoms with Crippen molar-refractivity contribution in [1.29, 1.82) is 0 Å². The zero-order valence-electron chi connectivity index (χ0n) is 14.2. The molecule has 1 fully saturated rings. The van der Waals surface area contributed by atoms with E-state index in [1.165, 1.54) is 11.8 Å². The van der Waals surface area contributed by atoms with Crippen molar-refractivity contribution in [3.8, 4) is 0 Å². The van der Waals surface area contributed by atoms with Crippen LogP contribution < -0.4 is 0 Å². The molecule has 0 atom stereocenters. The molecule has 5 nitrogen and oxygen atoms in total. The fourth-order valence-corrected chi connectivity index (χ4v) is 3.25. The van der Waals surface area contributed by atoms with E-state index in [0.717, 1.165) is 18.7 Å². The molecule has 0 unspecified atom stereocenters. The molecule has 0 saturated carbocycles. The number of nitrogens with zero attached hydrogens (tertiary/aromatic N) is 2. The SMILES string of the molecule is CC(C)c1ccc(C(=O)N2CCN(CCS(C)(=O)=O)CC2)cc1. The van der Waals surface area contributed by atoms with Gasteiger partial charge in [-0.3, -0.25) is 9.69 Å². The highest BCUT2D eigenvalue weighted by Gasteiger charge is 2.22. The maximum absolute atomic E-state index is 12.5. The van der Waals surface area contributed by atoms with Gasteiger partial charge in [0.1, 0.15) is 9.84 Å². The number of amides is 1. The van der Waals surface area contributed by atoms with Crippen molar-refractivity contribution in [2.24, 2.45) is 0 Å². The number of hydrogen-bond donors (Lipinski definition) is 0. The van der Waals surface area contributed by atoms with Gasteiger partial charge in [-0.2, -0.15) is 0 Å². The van der Waals surface area contributed by atoms with Crippen LogP contribution in [0.2, 0.25) is 0 Å². The summed E-state index contributed by atoms with van der Waals surface area (Å²) in [6.07, 6.45) is 1.26. The second kappa shape index (κ2) is 7.45.